The summed E-state index contributed by atoms with van der Waals surface area (Å²) in [6.07, 6.45) is 5.46. The molecule has 0 aromatic rings. The van der Waals surface area contributed by atoms with E-state index in [1.54, 1.807) is 7.11 Å². The van der Waals surface area contributed by atoms with Gasteiger partial charge in [-0.2, -0.15) is 0 Å². The predicted octanol–water partition coefficient (Wildman–Crippen LogP) is 2.23. The molecule has 0 aliphatic carbocycles. The maximum atomic E-state index is 12.1. The van der Waals surface area contributed by atoms with Crippen molar-refractivity contribution in [3.63, 3.8) is 0 Å². The van der Waals surface area contributed by atoms with E-state index < -0.39 is 0 Å². The molecule has 1 unspecified atom stereocenters. The second-order valence-corrected chi connectivity index (χ2v) is 7.41. The van der Waals surface area contributed by atoms with E-state index in [1.165, 1.54) is 6.42 Å². The number of carbonyl (C=O) groups excluding carboxylic acids is 1. The van der Waals surface area contributed by atoms with Crippen LogP contribution in [0.3, 0.4) is 0 Å². The quantitative estimate of drug-likeness (QED) is 0.707. The minimum atomic E-state index is 0. The van der Waals surface area contributed by atoms with Crippen molar-refractivity contribution in [2.75, 3.05) is 39.8 Å². The summed E-state index contributed by atoms with van der Waals surface area (Å²) in [6.45, 7) is 9.46. The Labute approximate surface area is 159 Å². The Kier molecular flexibility index (Phi) is 11.5. The molecule has 0 aromatic heterocycles. The molecule has 7 heteroatoms. The lowest BCUT2D eigenvalue weighted by Crippen LogP contribution is -2.54. The number of nitrogens with one attached hydrogen (secondary N) is 2. The van der Waals surface area contributed by atoms with E-state index in [0.717, 1.165) is 52.0 Å². The summed E-state index contributed by atoms with van der Waals surface area (Å²) < 4.78 is 5.43. The average Bonchev–Trinajstić information content (AvgIpc) is 3.04. The molecule has 5 nitrogen and oxygen atoms in total. The standard InChI is InChI=1S/C17H33N3O2.2ClH/c1-17(2,20-10-7-15(22-3)8-11-20)13-19-16(21)5-4-14-6-9-18-12-14;;/h14-15,18H,4-13H2,1-3H3,(H,19,21);2*1H. The van der Waals surface area contributed by atoms with Crippen LogP contribution in [0, 0.1) is 5.92 Å². The fourth-order valence-electron chi connectivity index (χ4n) is 3.51. The van der Waals surface area contributed by atoms with Crippen molar-refractivity contribution in [3.05, 3.63) is 0 Å². The Hall–Kier alpha value is -0.0700. The van der Waals surface area contributed by atoms with Crippen LogP contribution in [0.5, 0.6) is 0 Å². The number of nitrogens with zero attached hydrogens (tertiary/aromatic N) is 1. The number of methoxy groups -OCH3 is 1. The second-order valence-electron chi connectivity index (χ2n) is 7.41. The van der Waals surface area contributed by atoms with Crippen molar-refractivity contribution >= 4 is 30.7 Å². The van der Waals surface area contributed by atoms with Gasteiger partial charge in [0, 0.05) is 38.7 Å². The molecule has 1 amide bonds. The molecule has 2 rings (SSSR count). The molecule has 2 aliphatic heterocycles. The topological polar surface area (TPSA) is 53.6 Å². The maximum absolute atomic E-state index is 12.1. The molecular weight excluding hydrogens is 349 g/mol. The largest absolute Gasteiger partial charge is 0.381 e. The molecule has 144 valence electrons. The van der Waals surface area contributed by atoms with E-state index in [2.05, 4.69) is 29.4 Å². The number of ether oxygens (including phenoxy) is 1. The first kappa shape index (κ1) is 23.9. The van der Waals surface area contributed by atoms with Crippen LogP contribution in [0.25, 0.3) is 0 Å². The fourth-order valence-corrected chi connectivity index (χ4v) is 3.51. The lowest BCUT2D eigenvalue weighted by molar-refractivity contribution is -0.122. The highest BCUT2D eigenvalue weighted by Crippen LogP contribution is 2.21. The van der Waals surface area contributed by atoms with Crippen molar-refractivity contribution in [2.24, 2.45) is 5.92 Å². The summed E-state index contributed by atoms with van der Waals surface area (Å²) in [5, 5.41) is 6.49. The van der Waals surface area contributed by atoms with Gasteiger partial charge in [0.25, 0.3) is 0 Å². The summed E-state index contributed by atoms with van der Waals surface area (Å²) in [5.41, 5.74) is 0.0171. The molecule has 2 saturated heterocycles. The average molecular weight is 384 g/mol. The summed E-state index contributed by atoms with van der Waals surface area (Å²) in [6, 6.07) is 0. The van der Waals surface area contributed by atoms with Crippen molar-refractivity contribution in [1.82, 2.24) is 15.5 Å². The molecule has 0 saturated carbocycles. The molecule has 0 radical (unpaired) electrons. The molecule has 1 atom stereocenters. The molecule has 0 spiro atoms. The Morgan fingerprint density at radius 3 is 2.46 bits per heavy atom. The number of piperidine rings is 1. The molecule has 2 heterocycles. The zero-order valence-corrected chi connectivity index (χ0v) is 16.9. The van der Waals surface area contributed by atoms with E-state index in [0.29, 0.717) is 18.4 Å². The van der Waals surface area contributed by atoms with Crippen LogP contribution in [-0.4, -0.2) is 62.3 Å². The second kappa shape index (κ2) is 11.5. The Morgan fingerprint density at radius 2 is 1.92 bits per heavy atom. The number of hydrogen-bond acceptors (Lipinski definition) is 4. The SMILES string of the molecule is COC1CCN(C(C)(C)CNC(=O)CCC2CCNC2)CC1.Cl.Cl. The monoisotopic (exact) mass is 383 g/mol. The summed E-state index contributed by atoms with van der Waals surface area (Å²) in [4.78, 5) is 14.5. The maximum Gasteiger partial charge on any atom is 0.220 e. The first-order valence-electron chi connectivity index (χ1n) is 8.76. The van der Waals surface area contributed by atoms with Gasteiger partial charge in [-0.15, -0.1) is 24.8 Å². The molecule has 0 bridgehead atoms. The van der Waals surface area contributed by atoms with Gasteiger partial charge in [-0.25, -0.2) is 0 Å². The number of amides is 1. The van der Waals surface area contributed by atoms with Gasteiger partial charge in [-0.3, -0.25) is 9.69 Å². The van der Waals surface area contributed by atoms with Gasteiger partial charge in [-0.1, -0.05) is 0 Å². The van der Waals surface area contributed by atoms with Gasteiger partial charge in [0.05, 0.1) is 6.10 Å². The first-order valence-corrected chi connectivity index (χ1v) is 8.76. The smallest absolute Gasteiger partial charge is 0.220 e. The van der Waals surface area contributed by atoms with E-state index in [1.807, 2.05) is 0 Å². The lowest BCUT2D eigenvalue weighted by atomic mass is 9.97. The third kappa shape index (κ3) is 7.44. The molecule has 2 fully saturated rings. The highest BCUT2D eigenvalue weighted by atomic mass is 35.5. The van der Waals surface area contributed by atoms with Crippen molar-refractivity contribution in [2.45, 2.75) is 57.6 Å². The summed E-state index contributed by atoms with van der Waals surface area (Å²) >= 11 is 0. The van der Waals surface area contributed by atoms with Crippen LogP contribution in [0.2, 0.25) is 0 Å². The van der Waals surface area contributed by atoms with Gasteiger partial charge in [0.1, 0.15) is 0 Å². The van der Waals surface area contributed by atoms with Gasteiger partial charge < -0.3 is 15.4 Å². The molecule has 2 aliphatic rings. The molecular formula is C17H35Cl2N3O2. The molecule has 0 aromatic carbocycles. The number of rotatable bonds is 7. The predicted molar refractivity (Wildman–Crippen MR) is 103 cm³/mol. The van der Waals surface area contributed by atoms with Gasteiger partial charge in [0.15, 0.2) is 0 Å². The number of likely N-dealkylation sites (tertiary alicyclic amines) is 1. The minimum Gasteiger partial charge on any atom is -0.381 e. The Balaban J connectivity index is 0.00000264. The lowest BCUT2D eigenvalue weighted by Gasteiger charge is -2.42. The first-order chi connectivity index (χ1) is 10.5. The van der Waals surface area contributed by atoms with E-state index in [4.69, 9.17) is 4.74 Å². The van der Waals surface area contributed by atoms with Crippen molar-refractivity contribution in [1.29, 1.82) is 0 Å². The van der Waals surface area contributed by atoms with Crippen LogP contribution >= 0.6 is 24.8 Å². The van der Waals surface area contributed by atoms with Crippen molar-refractivity contribution in [3.8, 4) is 0 Å². The van der Waals surface area contributed by atoms with E-state index >= 15 is 0 Å². The molecule has 24 heavy (non-hydrogen) atoms. The van der Waals surface area contributed by atoms with E-state index in [-0.39, 0.29) is 36.3 Å². The van der Waals surface area contributed by atoms with Gasteiger partial charge in [0.2, 0.25) is 5.91 Å². The Bertz CT molecular complexity index is 356. The summed E-state index contributed by atoms with van der Waals surface area (Å²) in [7, 11) is 1.80. The number of hydrogen-bond donors (Lipinski definition) is 2. The van der Waals surface area contributed by atoms with Crippen molar-refractivity contribution < 1.29 is 9.53 Å². The van der Waals surface area contributed by atoms with E-state index in [9.17, 15) is 4.79 Å². The molecule has 2 N–H and O–H groups in total. The fraction of sp³-hybridized carbons (Fsp3) is 0.941. The zero-order chi connectivity index (χ0) is 16.0. The third-order valence-corrected chi connectivity index (χ3v) is 5.29. The van der Waals surface area contributed by atoms with Crippen LogP contribution in [0.4, 0.5) is 0 Å². The van der Waals surface area contributed by atoms with Crippen LogP contribution < -0.4 is 10.6 Å². The number of carbonyl (C=O) groups is 1. The Morgan fingerprint density at radius 1 is 1.25 bits per heavy atom. The van der Waals surface area contributed by atoms with Crippen LogP contribution in [-0.2, 0) is 9.53 Å². The number of halogens is 2. The van der Waals surface area contributed by atoms with Crippen LogP contribution in [0.15, 0.2) is 0 Å². The van der Waals surface area contributed by atoms with Gasteiger partial charge >= 0.3 is 0 Å². The third-order valence-electron chi connectivity index (χ3n) is 5.29. The zero-order valence-electron chi connectivity index (χ0n) is 15.3. The highest BCUT2D eigenvalue weighted by molar-refractivity contribution is 5.85. The summed E-state index contributed by atoms with van der Waals surface area (Å²) in [5.74, 6) is 0.888. The van der Waals surface area contributed by atoms with Crippen LogP contribution in [0.1, 0.15) is 46.0 Å². The normalized spacial score (nSPS) is 22.5. The van der Waals surface area contributed by atoms with Gasteiger partial charge in [-0.05, 0) is 58.5 Å². The highest BCUT2D eigenvalue weighted by Gasteiger charge is 2.31. The minimum absolute atomic E-state index is 0.